The number of likely N-dealkylation sites (N-methyl/N-ethyl adjacent to an activating group) is 1. The molecule has 1 aliphatic carbocycles. The van der Waals surface area contributed by atoms with Crippen molar-refractivity contribution in [2.24, 2.45) is 0 Å². The first-order chi connectivity index (χ1) is 20.1. The Morgan fingerprint density at radius 2 is 1.73 bits per heavy atom. The molecular formula is C30H39N7O4. The topological polar surface area (TPSA) is 105 Å². The summed E-state index contributed by atoms with van der Waals surface area (Å²) in [7, 11) is 2.07. The van der Waals surface area contributed by atoms with Crippen LogP contribution < -0.4 is 19.7 Å². The Balaban J connectivity index is 0.992. The second-order valence-electron chi connectivity index (χ2n) is 11.1. The molecule has 11 nitrogen and oxygen atoms in total. The third kappa shape index (κ3) is 6.97. The Bertz CT molecular complexity index is 1300. The molecule has 0 atom stereocenters. The van der Waals surface area contributed by atoms with Gasteiger partial charge in [0.15, 0.2) is 12.4 Å². The van der Waals surface area contributed by atoms with E-state index in [1.165, 1.54) is 0 Å². The predicted molar refractivity (Wildman–Crippen MR) is 157 cm³/mol. The van der Waals surface area contributed by atoms with E-state index in [1.54, 1.807) is 12.4 Å². The van der Waals surface area contributed by atoms with Crippen molar-refractivity contribution in [2.75, 3.05) is 76.4 Å². The maximum Gasteiger partial charge on any atom is 0.260 e. The minimum atomic E-state index is -0.00435. The number of aromatic nitrogens is 3. The number of carbonyl (C=O) groups is 1. The highest BCUT2D eigenvalue weighted by atomic mass is 16.5. The standard InChI is InChI=1S/C30H39N7O4/c1-35-10-12-37(13-11-35)28(38)21-40-25-19-31-30(32-20-25)33-23-6-8-24(9-7-23)41-29-26-5-3-2-4-22(26)18-27(34-29)36-14-16-39-17-15-36/h2-5,18-20,23-24H,6-17,21H2,1H3,(H,31,32,33)/t23-,24+. The quantitative estimate of drug-likeness (QED) is 0.441. The van der Waals surface area contributed by atoms with Crippen LogP contribution in [0.25, 0.3) is 10.8 Å². The monoisotopic (exact) mass is 561 g/mol. The highest BCUT2D eigenvalue weighted by Crippen LogP contribution is 2.32. The summed E-state index contributed by atoms with van der Waals surface area (Å²) < 4.78 is 17.7. The summed E-state index contributed by atoms with van der Waals surface area (Å²) in [5.74, 6) is 2.72. The molecule has 2 aliphatic heterocycles. The zero-order valence-corrected chi connectivity index (χ0v) is 23.7. The molecule has 3 fully saturated rings. The highest BCUT2D eigenvalue weighted by Gasteiger charge is 2.25. The van der Waals surface area contributed by atoms with Crippen molar-refractivity contribution in [1.29, 1.82) is 0 Å². The predicted octanol–water partition coefficient (Wildman–Crippen LogP) is 2.82. The van der Waals surface area contributed by atoms with Gasteiger partial charge in [-0.15, -0.1) is 0 Å². The molecule has 0 radical (unpaired) electrons. The molecule has 41 heavy (non-hydrogen) atoms. The molecule has 2 saturated heterocycles. The zero-order chi connectivity index (χ0) is 28.0. The number of ether oxygens (including phenoxy) is 3. The van der Waals surface area contributed by atoms with E-state index in [4.69, 9.17) is 19.2 Å². The highest BCUT2D eigenvalue weighted by molar-refractivity contribution is 5.89. The van der Waals surface area contributed by atoms with Crippen molar-refractivity contribution >= 4 is 28.4 Å². The number of benzene rings is 1. The number of pyridine rings is 1. The van der Waals surface area contributed by atoms with Crippen LogP contribution in [0.1, 0.15) is 25.7 Å². The fraction of sp³-hybridized carbons (Fsp3) is 0.533. The first-order valence-electron chi connectivity index (χ1n) is 14.7. The number of nitrogens with zero attached hydrogens (tertiary/aromatic N) is 6. The molecule has 4 heterocycles. The van der Waals surface area contributed by atoms with Crippen LogP contribution in [0.15, 0.2) is 42.7 Å². The molecule has 1 N–H and O–H groups in total. The summed E-state index contributed by atoms with van der Waals surface area (Å²) in [4.78, 5) is 32.5. The van der Waals surface area contributed by atoms with Crippen LogP contribution in [0.3, 0.4) is 0 Å². The maximum atomic E-state index is 12.4. The smallest absolute Gasteiger partial charge is 0.260 e. The molecule has 2 aromatic heterocycles. The van der Waals surface area contributed by atoms with Crippen molar-refractivity contribution in [3.8, 4) is 11.6 Å². The zero-order valence-electron chi connectivity index (χ0n) is 23.7. The largest absolute Gasteiger partial charge is 0.481 e. The Morgan fingerprint density at radius 3 is 2.49 bits per heavy atom. The van der Waals surface area contributed by atoms with Crippen molar-refractivity contribution in [2.45, 2.75) is 37.8 Å². The lowest BCUT2D eigenvalue weighted by molar-refractivity contribution is -0.134. The maximum absolute atomic E-state index is 12.4. The minimum Gasteiger partial charge on any atom is -0.481 e. The SMILES string of the molecule is CN1CCN(C(=O)COc2cnc(N[C@H]3CC[C@@H](Oc4nc(N5CCOCC5)cc5ccccc45)CC3)nc2)CC1. The molecular weight excluding hydrogens is 522 g/mol. The van der Waals surface area contributed by atoms with Crippen LogP contribution in [0.5, 0.6) is 11.6 Å². The van der Waals surface area contributed by atoms with E-state index in [1.807, 2.05) is 11.0 Å². The van der Waals surface area contributed by atoms with Crippen molar-refractivity contribution in [3.63, 3.8) is 0 Å². The molecule has 0 unspecified atom stereocenters. The number of rotatable bonds is 8. The number of piperazine rings is 1. The van der Waals surface area contributed by atoms with Gasteiger partial charge in [0.25, 0.3) is 5.91 Å². The third-order valence-electron chi connectivity index (χ3n) is 8.16. The average molecular weight is 562 g/mol. The van der Waals surface area contributed by atoms with E-state index in [2.05, 4.69) is 56.4 Å². The lowest BCUT2D eigenvalue weighted by Gasteiger charge is -2.32. The van der Waals surface area contributed by atoms with Crippen LogP contribution in [0.2, 0.25) is 0 Å². The number of fused-ring (bicyclic) bond motifs is 1. The molecule has 1 saturated carbocycles. The minimum absolute atomic E-state index is 0.00333. The van der Waals surface area contributed by atoms with Crippen LogP contribution in [0, 0.1) is 0 Å². The second-order valence-corrected chi connectivity index (χ2v) is 11.1. The molecule has 218 valence electrons. The molecule has 0 bridgehead atoms. The lowest BCUT2D eigenvalue weighted by Crippen LogP contribution is -2.48. The first kappa shape index (κ1) is 27.5. The van der Waals surface area contributed by atoms with Crippen molar-refractivity contribution in [1.82, 2.24) is 24.8 Å². The molecule has 1 aromatic carbocycles. The summed E-state index contributed by atoms with van der Waals surface area (Å²) in [5.41, 5.74) is 0. The normalized spacial score (nSPS) is 22.0. The van der Waals surface area contributed by atoms with Crippen LogP contribution in [0.4, 0.5) is 11.8 Å². The molecule has 0 spiro atoms. The lowest BCUT2D eigenvalue weighted by atomic mass is 9.93. The number of hydrogen-bond donors (Lipinski definition) is 1. The van der Waals surface area contributed by atoms with Gasteiger partial charge in [0, 0.05) is 50.7 Å². The molecule has 3 aliphatic rings. The van der Waals surface area contributed by atoms with Gasteiger partial charge in [-0.05, 0) is 50.2 Å². The summed E-state index contributed by atoms with van der Waals surface area (Å²) >= 11 is 0. The van der Waals surface area contributed by atoms with E-state index in [0.29, 0.717) is 17.6 Å². The van der Waals surface area contributed by atoms with E-state index in [9.17, 15) is 4.79 Å². The number of anilines is 2. The van der Waals surface area contributed by atoms with Gasteiger partial charge in [-0.2, -0.15) is 4.98 Å². The summed E-state index contributed by atoms with van der Waals surface area (Å²) in [6.07, 6.45) is 7.10. The summed E-state index contributed by atoms with van der Waals surface area (Å²) in [6, 6.07) is 10.7. The fourth-order valence-corrected chi connectivity index (χ4v) is 5.62. The number of morpholine rings is 1. The van der Waals surface area contributed by atoms with E-state index >= 15 is 0 Å². The Morgan fingerprint density at radius 1 is 1.00 bits per heavy atom. The Hall–Kier alpha value is -3.70. The van der Waals surface area contributed by atoms with Crippen molar-refractivity contribution < 1.29 is 19.0 Å². The molecule has 6 rings (SSSR count). The van der Waals surface area contributed by atoms with Gasteiger partial charge < -0.3 is 34.2 Å². The van der Waals surface area contributed by atoms with Crippen LogP contribution in [-0.2, 0) is 9.53 Å². The first-order valence-corrected chi connectivity index (χ1v) is 14.7. The Labute approximate surface area is 240 Å². The third-order valence-corrected chi connectivity index (χ3v) is 8.16. The van der Waals surface area contributed by atoms with E-state index in [0.717, 1.165) is 94.8 Å². The van der Waals surface area contributed by atoms with Gasteiger partial charge in [-0.25, -0.2) is 9.97 Å². The summed E-state index contributed by atoms with van der Waals surface area (Å²) in [5, 5.41) is 5.64. The van der Waals surface area contributed by atoms with Crippen LogP contribution >= 0.6 is 0 Å². The molecule has 3 aromatic rings. The van der Waals surface area contributed by atoms with Gasteiger partial charge in [-0.1, -0.05) is 18.2 Å². The van der Waals surface area contributed by atoms with Crippen molar-refractivity contribution in [3.05, 3.63) is 42.7 Å². The van der Waals surface area contributed by atoms with Crippen LogP contribution in [-0.4, -0.2) is 109 Å². The van der Waals surface area contributed by atoms with Gasteiger partial charge >= 0.3 is 0 Å². The average Bonchev–Trinajstić information content (AvgIpc) is 3.02. The number of carbonyl (C=O) groups excluding carboxylic acids is 1. The van der Waals surface area contributed by atoms with Gasteiger partial charge in [0.2, 0.25) is 11.8 Å². The number of amides is 1. The Kier molecular flexibility index (Phi) is 8.62. The molecule has 1 amide bonds. The number of nitrogens with one attached hydrogen (secondary N) is 1. The van der Waals surface area contributed by atoms with Gasteiger partial charge in [-0.3, -0.25) is 4.79 Å². The second kappa shape index (κ2) is 12.9. The van der Waals surface area contributed by atoms with E-state index < -0.39 is 0 Å². The molecule has 11 heteroatoms. The van der Waals surface area contributed by atoms with Gasteiger partial charge in [0.05, 0.1) is 25.6 Å². The number of hydrogen-bond acceptors (Lipinski definition) is 10. The summed E-state index contributed by atoms with van der Waals surface area (Å²) in [6.45, 7) is 6.37. The fourth-order valence-electron chi connectivity index (χ4n) is 5.62. The van der Waals surface area contributed by atoms with E-state index in [-0.39, 0.29) is 24.7 Å². The van der Waals surface area contributed by atoms with Gasteiger partial charge in [0.1, 0.15) is 11.9 Å².